The van der Waals surface area contributed by atoms with E-state index in [2.05, 4.69) is 15.6 Å². The second-order valence-electron chi connectivity index (χ2n) is 7.55. The third kappa shape index (κ3) is 5.28. The van der Waals surface area contributed by atoms with Gasteiger partial charge in [-0.05, 0) is 55.5 Å². The highest BCUT2D eigenvalue weighted by Gasteiger charge is 2.25. The lowest BCUT2D eigenvalue weighted by atomic mass is 9.88. The number of benzene rings is 2. The number of nitrogens with one attached hydrogen (secondary N) is 2. The van der Waals surface area contributed by atoms with Gasteiger partial charge in [0.15, 0.2) is 11.6 Å². The van der Waals surface area contributed by atoms with Crippen molar-refractivity contribution in [3.8, 4) is 10.4 Å². The quantitative estimate of drug-likeness (QED) is 0.450. The maximum Gasteiger partial charge on any atom is 0.323 e. The van der Waals surface area contributed by atoms with Gasteiger partial charge in [0.25, 0.3) is 6.47 Å². The Bertz CT molecular complexity index is 1100. The number of urea groups is 1. The number of carbonyl (C=O) groups excluding carboxylic acids is 2. The molecule has 1 heterocycles. The van der Waals surface area contributed by atoms with Crippen LogP contribution in [0.1, 0.15) is 36.6 Å². The summed E-state index contributed by atoms with van der Waals surface area (Å²) in [7, 11) is 0. The number of thiazole rings is 1. The smallest absolute Gasteiger partial charge is 0.323 e. The molecule has 0 radical (unpaired) electrons. The van der Waals surface area contributed by atoms with Crippen LogP contribution in [0.5, 0.6) is 0 Å². The first-order chi connectivity index (χ1) is 15.5. The van der Waals surface area contributed by atoms with Crippen LogP contribution in [-0.4, -0.2) is 23.6 Å². The van der Waals surface area contributed by atoms with Crippen molar-refractivity contribution in [2.75, 3.05) is 10.6 Å². The second kappa shape index (κ2) is 9.86. The largest absolute Gasteiger partial charge is 0.465 e. The summed E-state index contributed by atoms with van der Waals surface area (Å²) in [6, 6.07) is 9.90. The summed E-state index contributed by atoms with van der Waals surface area (Å²) in [5.41, 5.74) is 1.70. The number of amides is 2. The van der Waals surface area contributed by atoms with Gasteiger partial charge in [-0.15, -0.1) is 11.3 Å². The average molecular weight is 458 g/mol. The van der Waals surface area contributed by atoms with E-state index in [-0.39, 0.29) is 11.8 Å². The summed E-state index contributed by atoms with van der Waals surface area (Å²) in [5, 5.41) is 6.20. The maximum absolute atomic E-state index is 13.3. The summed E-state index contributed by atoms with van der Waals surface area (Å²) in [4.78, 5) is 28.2. The van der Waals surface area contributed by atoms with E-state index < -0.39 is 17.7 Å². The fourth-order valence-electron chi connectivity index (χ4n) is 3.72. The Balaban J connectivity index is 1.34. The molecule has 6 nitrogen and oxygen atoms in total. The van der Waals surface area contributed by atoms with Crippen molar-refractivity contribution < 1.29 is 23.1 Å². The van der Waals surface area contributed by atoms with Gasteiger partial charge >= 0.3 is 6.03 Å². The van der Waals surface area contributed by atoms with Gasteiger partial charge in [-0.2, -0.15) is 0 Å². The molecule has 1 aromatic heterocycles. The van der Waals surface area contributed by atoms with E-state index >= 15 is 0 Å². The Kier molecular flexibility index (Phi) is 6.75. The molecule has 4 rings (SSSR count). The molecular weight excluding hydrogens is 436 g/mol. The molecule has 0 spiro atoms. The third-order valence-corrected chi connectivity index (χ3v) is 6.61. The number of hydrogen-bond acceptors (Lipinski definition) is 5. The van der Waals surface area contributed by atoms with E-state index in [0.29, 0.717) is 18.1 Å². The molecular formula is C23H21F2N3O3S. The van der Waals surface area contributed by atoms with Crippen LogP contribution in [0, 0.1) is 11.6 Å². The van der Waals surface area contributed by atoms with E-state index in [9.17, 15) is 18.4 Å². The van der Waals surface area contributed by atoms with E-state index in [0.717, 1.165) is 53.3 Å². The molecule has 1 aliphatic carbocycles. The molecule has 1 fully saturated rings. The van der Waals surface area contributed by atoms with Crippen LogP contribution < -0.4 is 10.6 Å². The number of halogens is 2. The van der Waals surface area contributed by atoms with Crippen molar-refractivity contribution >= 4 is 35.2 Å². The van der Waals surface area contributed by atoms with Crippen LogP contribution in [0.25, 0.3) is 10.4 Å². The number of aromatic nitrogens is 1. The lowest BCUT2D eigenvalue weighted by Gasteiger charge is -2.25. The Labute approximate surface area is 187 Å². The zero-order chi connectivity index (χ0) is 22.5. The van der Waals surface area contributed by atoms with Crippen molar-refractivity contribution in [3.05, 3.63) is 65.3 Å². The summed E-state index contributed by atoms with van der Waals surface area (Å²) in [6.07, 6.45) is 5.47. The minimum atomic E-state index is -1.03. The fraction of sp³-hybridized carbons (Fsp3) is 0.261. The molecule has 166 valence electrons. The molecule has 2 aromatic carbocycles. The molecule has 0 atom stereocenters. The van der Waals surface area contributed by atoms with Crippen LogP contribution >= 0.6 is 11.3 Å². The SMILES string of the molecule is O=COC1CCC(c2ncc(-c3ccc(NC(=O)Nc4ccc(F)c(F)c4)cc3)s2)CC1. The highest BCUT2D eigenvalue weighted by molar-refractivity contribution is 7.15. The first-order valence-electron chi connectivity index (χ1n) is 10.2. The van der Waals surface area contributed by atoms with Crippen molar-refractivity contribution in [1.29, 1.82) is 0 Å². The van der Waals surface area contributed by atoms with Crippen LogP contribution in [0.2, 0.25) is 0 Å². The predicted octanol–water partition coefficient (Wildman–Crippen LogP) is 5.93. The average Bonchev–Trinajstić information content (AvgIpc) is 3.28. The van der Waals surface area contributed by atoms with Gasteiger partial charge in [-0.1, -0.05) is 12.1 Å². The summed E-state index contributed by atoms with van der Waals surface area (Å²) < 4.78 is 31.3. The lowest BCUT2D eigenvalue weighted by Crippen LogP contribution is -2.20. The number of rotatable bonds is 6. The van der Waals surface area contributed by atoms with E-state index in [1.165, 1.54) is 6.07 Å². The lowest BCUT2D eigenvalue weighted by molar-refractivity contribution is -0.135. The Morgan fingerprint density at radius 1 is 1.00 bits per heavy atom. The molecule has 0 bridgehead atoms. The van der Waals surface area contributed by atoms with Crippen molar-refractivity contribution in [2.24, 2.45) is 0 Å². The van der Waals surface area contributed by atoms with Gasteiger partial charge < -0.3 is 15.4 Å². The number of nitrogens with zero attached hydrogens (tertiary/aromatic N) is 1. The molecule has 0 unspecified atom stereocenters. The molecule has 1 saturated carbocycles. The highest BCUT2D eigenvalue weighted by Crippen LogP contribution is 2.38. The monoisotopic (exact) mass is 457 g/mol. The van der Waals surface area contributed by atoms with E-state index in [4.69, 9.17) is 4.74 Å². The minimum absolute atomic E-state index is 0.0162. The standard InChI is InChI=1S/C23H21F2N3O3S/c24-19-10-7-17(11-20(19)25)28-23(30)27-16-5-1-14(2-6-16)21-12-26-22(32-21)15-3-8-18(9-4-15)31-13-29/h1-2,5-7,10-13,15,18H,3-4,8-9H2,(H2,27,28,30). The van der Waals surface area contributed by atoms with Crippen LogP contribution in [0.4, 0.5) is 25.0 Å². The van der Waals surface area contributed by atoms with Gasteiger partial charge in [0.1, 0.15) is 6.10 Å². The minimum Gasteiger partial charge on any atom is -0.465 e. The summed E-state index contributed by atoms with van der Waals surface area (Å²) in [5.74, 6) is -1.63. The number of carbonyl (C=O) groups is 2. The van der Waals surface area contributed by atoms with Gasteiger partial charge in [0.2, 0.25) is 0 Å². The first-order valence-corrected chi connectivity index (χ1v) is 11.0. The Morgan fingerprint density at radius 3 is 2.38 bits per heavy atom. The number of ether oxygens (including phenoxy) is 1. The molecule has 3 aromatic rings. The van der Waals surface area contributed by atoms with Gasteiger partial charge in [-0.25, -0.2) is 18.6 Å². The number of anilines is 2. The number of hydrogen-bond donors (Lipinski definition) is 2. The van der Waals surface area contributed by atoms with Gasteiger partial charge in [0.05, 0.1) is 9.88 Å². The Hall–Kier alpha value is -3.33. The normalized spacial score (nSPS) is 18.1. The van der Waals surface area contributed by atoms with Crippen LogP contribution in [0.15, 0.2) is 48.7 Å². The molecule has 0 aliphatic heterocycles. The van der Waals surface area contributed by atoms with Crippen molar-refractivity contribution in [1.82, 2.24) is 4.98 Å². The fourth-order valence-corrected chi connectivity index (χ4v) is 4.81. The Morgan fingerprint density at radius 2 is 1.69 bits per heavy atom. The second-order valence-corrected chi connectivity index (χ2v) is 8.62. The van der Waals surface area contributed by atoms with E-state index in [1.807, 2.05) is 18.3 Å². The first kappa shape index (κ1) is 21.9. The van der Waals surface area contributed by atoms with Gasteiger partial charge in [0, 0.05) is 29.6 Å². The molecule has 9 heteroatoms. The van der Waals surface area contributed by atoms with Crippen molar-refractivity contribution in [2.45, 2.75) is 37.7 Å². The topological polar surface area (TPSA) is 80.3 Å². The zero-order valence-corrected chi connectivity index (χ0v) is 17.8. The zero-order valence-electron chi connectivity index (χ0n) is 17.0. The van der Waals surface area contributed by atoms with Crippen LogP contribution in [-0.2, 0) is 9.53 Å². The summed E-state index contributed by atoms with van der Waals surface area (Å²) >= 11 is 1.64. The highest BCUT2D eigenvalue weighted by atomic mass is 32.1. The van der Waals surface area contributed by atoms with Crippen LogP contribution in [0.3, 0.4) is 0 Å². The molecule has 1 aliphatic rings. The molecule has 2 amide bonds. The van der Waals surface area contributed by atoms with Crippen molar-refractivity contribution in [3.63, 3.8) is 0 Å². The predicted molar refractivity (Wildman–Crippen MR) is 119 cm³/mol. The molecule has 32 heavy (non-hydrogen) atoms. The third-order valence-electron chi connectivity index (χ3n) is 5.40. The maximum atomic E-state index is 13.3. The van der Waals surface area contributed by atoms with E-state index in [1.54, 1.807) is 23.5 Å². The summed E-state index contributed by atoms with van der Waals surface area (Å²) in [6.45, 7) is 0.525. The molecule has 2 N–H and O–H groups in total. The molecule has 0 saturated heterocycles. The van der Waals surface area contributed by atoms with Gasteiger partial charge in [-0.3, -0.25) is 4.79 Å².